The van der Waals surface area contributed by atoms with Crippen LogP contribution in [0.2, 0.25) is 5.28 Å². The van der Waals surface area contributed by atoms with Crippen molar-refractivity contribution in [3.05, 3.63) is 70.1 Å². The second kappa shape index (κ2) is 13.8. The highest BCUT2D eigenvalue weighted by Gasteiger charge is 2.57. The number of imidazole rings is 1. The number of ether oxygens (including phenoxy) is 3. The molecular formula is C32H33ClN6O9. The maximum absolute atomic E-state index is 13.4. The van der Waals surface area contributed by atoms with Crippen molar-refractivity contribution in [3.8, 4) is 23.5 Å². The molecule has 16 heteroatoms. The number of halogens is 1. The van der Waals surface area contributed by atoms with Crippen molar-refractivity contribution in [1.82, 2.24) is 24.1 Å². The summed E-state index contributed by atoms with van der Waals surface area (Å²) < 4.78 is 19.9. The fourth-order valence-corrected chi connectivity index (χ4v) is 5.73. The van der Waals surface area contributed by atoms with Crippen molar-refractivity contribution < 1.29 is 39.1 Å². The van der Waals surface area contributed by atoms with Crippen LogP contribution in [-0.4, -0.2) is 94.4 Å². The van der Waals surface area contributed by atoms with Crippen LogP contribution < -0.4 is 11.3 Å². The SMILES string of the molecule is C#C[C@@]1(O)[C@@H](COC(Cc2ccc(-c3cccn(CCO)c3=O)cc2)(C(C)=O)C(=O)OCC)O[C@@H](n2cnc3c(N)nc(Cl)nc32)[C@@H]1O. The van der Waals surface area contributed by atoms with Crippen LogP contribution in [0.15, 0.2) is 53.7 Å². The molecule has 1 saturated heterocycles. The number of ketones is 1. The van der Waals surface area contributed by atoms with Crippen LogP contribution in [0.5, 0.6) is 0 Å². The molecule has 5 rings (SSSR count). The van der Waals surface area contributed by atoms with E-state index in [0.29, 0.717) is 16.7 Å². The number of Topliss-reactive ketones (excluding diaryl/α,β-unsaturated/α-hetero) is 1. The molecule has 1 fully saturated rings. The Labute approximate surface area is 278 Å². The summed E-state index contributed by atoms with van der Waals surface area (Å²) in [6.45, 7) is 1.95. The number of aliphatic hydroxyl groups excluding tert-OH is 2. The molecule has 4 aromatic rings. The number of hydrogen-bond donors (Lipinski definition) is 4. The van der Waals surface area contributed by atoms with Gasteiger partial charge in [0.25, 0.3) is 5.56 Å². The lowest BCUT2D eigenvalue weighted by atomic mass is 9.89. The van der Waals surface area contributed by atoms with Crippen molar-refractivity contribution >= 4 is 40.3 Å². The second-order valence-corrected chi connectivity index (χ2v) is 11.4. The minimum absolute atomic E-state index is 0.0281. The number of nitrogens with two attached hydrogens (primary N) is 1. The maximum atomic E-state index is 13.4. The van der Waals surface area contributed by atoms with E-state index in [1.165, 1.54) is 15.5 Å². The number of terminal acetylenes is 1. The standard InChI is InChI=1S/C32H33ClN6O9/c1-4-31(45)22(48-28(24(31)42)39-17-35-23-25(34)36-30(33)37-26(23)39)16-47-32(18(3)41,29(44)46-5-2)15-19-8-10-20(11-9-19)21-7-6-12-38(13-14-40)27(21)43/h1,6-12,17,22,24,28,40,42,45H,5,13-16H2,2-3H3,(H2,34,36,37)/t22-,24+,28-,31-,32?/m1/s1. The van der Waals surface area contributed by atoms with E-state index in [4.69, 9.17) is 38.0 Å². The van der Waals surface area contributed by atoms with Gasteiger partial charge in [0.1, 0.15) is 17.7 Å². The molecule has 4 heterocycles. The maximum Gasteiger partial charge on any atom is 0.346 e. The lowest BCUT2D eigenvalue weighted by molar-refractivity contribution is -0.184. The molecule has 1 aliphatic heterocycles. The van der Waals surface area contributed by atoms with E-state index in [2.05, 4.69) is 20.9 Å². The Balaban J connectivity index is 1.44. The van der Waals surface area contributed by atoms with Crippen LogP contribution in [0.3, 0.4) is 0 Å². The number of aliphatic hydroxyl groups is 3. The first-order chi connectivity index (χ1) is 22.9. The molecule has 0 bridgehead atoms. The molecule has 15 nitrogen and oxygen atoms in total. The van der Waals surface area contributed by atoms with Crippen LogP contribution in [0.4, 0.5) is 5.82 Å². The number of pyridine rings is 1. The average Bonchev–Trinajstić information content (AvgIpc) is 3.59. The number of anilines is 1. The molecule has 3 aromatic heterocycles. The predicted molar refractivity (Wildman–Crippen MR) is 171 cm³/mol. The Bertz CT molecular complexity index is 1940. The molecule has 0 spiro atoms. The number of rotatable bonds is 12. The zero-order chi connectivity index (χ0) is 34.8. The number of benzene rings is 1. The summed E-state index contributed by atoms with van der Waals surface area (Å²) in [5.41, 5.74) is 2.71. The molecule has 252 valence electrons. The largest absolute Gasteiger partial charge is 0.463 e. The van der Waals surface area contributed by atoms with E-state index in [0.717, 1.165) is 6.92 Å². The van der Waals surface area contributed by atoms with Crippen LogP contribution in [0.1, 0.15) is 25.6 Å². The molecule has 5 atom stereocenters. The first-order valence-corrected chi connectivity index (χ1v) is 15.2. The van der Waals surface area contributed by atoms with Gasteiger partial charge in [0, 0.05) is 24.7 Å². The Hall–Kier alpha value is -4.69. The van der Waals surface area contributed by atoms with E-state index >= 15 is 0 Å². The van der Waals surface area contributed by atoms with E-state index < -0.39 is 48.0 Å². The lowest BCUT2D eigenvalue weighted by Gasteiger charge is -2.32. The summed E-state index contributed by atoms with van der Waals surface area (Å²) >= 11 is 5.98. The van der Waals surface area contributed by atoms with Crippen molar-refractivity contribution in [3.63, 3.8) is 0 Å². The minimum atomic E-state index is -2.36. The second-order valence-electron chi connectivity index (χ2n) is 11.1. The zero-order valence-corrected chi connectivity index (χ0v) is 26.7. The van der Waals surface area contributed by atoms with Gasteiger partial charge < -0.3 is 39.8 Å². The van der Waals surface area contributed by atoms with Gasteiger partial charge >= 0.3 is 5.97 Å². The number of esters is 1. The third-order valence-electron chi connectivity index (χ3n) is 8.18. The number of aromatic nitrogens is 5. The fraction of sp³-hybridized carbons (Fsp3) is 0.375. The first-order valence-electron chi connectivity index (χ1n) is 14.8. The third kappa shape index (κ3) is 6.17. The first kappa shape index (κ1) is 34.6. The molecule has 1 aromatic carbocycles. The molecule has 0 radical (unpaired) electrons. The van der Waals surface area contributed by atoms with E-state index in [-0.39, 0.29) is 54.0 Å². The van der Waals surface area contributed by atoms with Gasteiger partial charge in [0.2, 0.25) is 10.9 Å². The van der Waals surface area contributed by atoms with Crippen molar-refractivity contribution in [2.75, 3.05) is 25.6 Å². The van der Waals surface area contributed by atoms with Crippen LogP contribution in [0.25, 0.3) is 22.3 Å². The molecule has 0 saturated carbocycles. The number of carbonyl (C=O) groups excluding carboxylic acids is 2. The zero-order valence-electron chi connectivity index (χ0n) is 25.9. The summed E-state index contributed by atoms with van der Waals surface area (Å²) in [6, 6.07) is 9.90. The molecular weight excluding hydrogens is 648 g/mol. The predicted octanol–water partition coefficient (Wildman–Crippen LogP) is 0.656. The normalized spacial score (nSPS) is 21.9. The van der Waals surface area contributed by atoms with Crippen LogP contribution in [0, 0.1) is 12.3 Å². The highest BCUT2D eigenvalue weighted by atomic mass is 35.5. The minimum Gasteiger partial charge on any atom is -0.463 e. The van der Waals surface area contributed by atoms with Gasteiger partial charge in [-0.15, -0.1) is 6.42 Å². The topological polar surface area (TPSA) is 214 Å². The summed E-state index contributed by atoms with van der Waals surface area (Å²) in [5, 5.41) is 31.7. The van der Waals surface area contributed by atoms with Gasteiger partial charge in [-0.3, -0.25) is 14.2 Å². The lowest BCUT2D eigenvalue weighted by Crippen LogP contribution is -2.54. The summed E-state index contributed by atoms with van der Waals surface area (Å²) in [4.78, 5) is 51.6. The number of carbonyl (C=O) groups is 2. The number of nitrogen functional groups attached to an aromatic ring is 1. The van der Waals surface area contributed by atoms with Gasteiger partial charge in [-0.2, -0.15) is 9.97 Å². The Morgan fingerprint density at radius 3 is 2.62 bits per heavy atom. The van der Waals surface area contributed by atoms with Gasteiger partial charge in [-0.25, -0.2) is 9.78 Å². The number of fused-ring (bicyclic) bond motifs is 1. The Kier molecular flexibility index (Phi) is 9.97. The Morgan fingerprint density at radius 1 is 1.25 bits per heavy atom. The summed E-state index contributed by atoms with van der Waals surface area (Å²) in [5.74, 6) is 0.429. The van der Waals surface area contributed by atoms with Crippen LogP contribution in [-0.2, 0) is 36.8 Å². The van der Waals surface area contributed by atoms with Crippen molar-refractivity contribution in [2.24, 2.45) is 0 Å². The quantitative estimate of drug-likeness (QED) is 0.0701. The van der Waals surface area contributed by atoms with E-state index in [1.807, 2.05) is 0 Å². The molecule has 1 unspecified atom stereocenters. The molecule has 0 amide bonds. The fourth-order valence-electron chi connectivity index (χ4n) is 5.56. The molecule has 5 N–H and O–H groups in total. The van der Waals surface area contributed by atoms with Gasteiger partial charge in [0.05, 0.1) is 26.1 Å². The average molecular weight is 681 g/mol. The molecule has 0 aliphatic carbocycles. The van der Waals surface area contributed by atoms with Gasteiger partial charge in [-0.05, 0) is 48.7 Å². The molecule has 1 aliphatic rings. The highest BCUT2D eigenvalue weighted by molar-refractivity contribution is 6.28. The summed E-state index contributed by atoms with van der Waals surface area (Å²) in [7, 11) is 0. The highest BCUT2D eigenvalue weighted by Crippen LogP contribution is 2.39. The Morgan fingerprint density at radius 2 is 1.98 bits per heavy atom. The van der Waals surface area contributed by atoms with E-state index in [1.54, 1.807) is 49.5 Å². The van der Waals surface area contributed by atoms with Gasteiger partial charge in [0.15, 0.2) is 29.1 Å². The van der Waals surface area contributed by atoms with Crippen molar-refractivity contribution in [2.45, 2.75) is 56.5 Å². The monoisotopic (exact) mass is 680 g/mol. The third-order valence-corrected chi connectivity index (χ3v) is 8.35. The van der Waals surface area contributed by atoms with Crippen molar-refractivity contribution in [1.29, 1.82) is 0 Å². The van der Waals surface area contributed by atoms with E-state index in [9.17, 15) is 29.7 Å². The summed E-state index contributed by atoms with van der Waals surface area (Å²) in [6.07, 6.45) is 3.61. The number of hydrogen-bond acceptors (Lipinski definition) is 13. The number of nitrogens with zero attached hydrogens (tertiary/aromatic N) is 5. The van der Waals surface area contributed by atoms with Crippen LogP contribution >= 0.6 is 11.6 Å². The smallest absolute Gasteiger partial charge is 0.346 e. The van der Waals surface area contributed by atoms with Gasteiger partial charge in [-0.1, -0.05) is 30.2 Å². The molecule has 48 heavy (non-hydrogen) atoms.